The number of esters is 2. The van der Waals surface area contributed by atoms with Gasteiger partial charge in [-0.3, -0.25) is 9.59 Å². The monoisotopic (exact) mass is 496 g/mol. The van der Waals surface area contributed by atoms with Gasteiger partial charge in [-0.15, -0.1) is 0 Å². The fraction of sp³-hybridized carbons (Fsp3) is 0.935. The zero-order chi connectivity index (χ0) is 25.8. The first kappa shape index (κ1) is 33.9. The molecule has 0 saturated heterocycles. The molecule has 0 fully saturated rings. The minimum absolute atomic E-state index is 0.00446. The van der Waals surface area contributed by atoms with Crippen molar-refractivity contribution in [3.05, 3.63) is 0 Å². The summed E-state index contributed by atoms with van der Waals surface area (Å²) < 4.78 is 10.7. The van der Waals surface area contributed by atoms with Gasteiger partial charge >= 0.3 is 11.9 Å². The Kier molecular flexibility index (Phi) is 26.7. The Morgan fingerprint density at radius 1 is 0.514 bits per heavy atom. The van der Waals surface area contributed by atoms with Crippen LogP contribution in [-0.2, 0) is 19.1 Å². The summed E-state index contributed by atoms with van der Waals surface area (Å²) in [5.74, 6) is 0.0304. The highest BCUT2D eigenvalue weighted by molar-refractivity contribution is 5.71. The maximum Gasteiger partial charge on any atom is 0.308 e. The topological polar surface area (TPSA) is 52.6 Å². The fourth-order valence-corrected chi connectivity index (χ4v) is 4.41. The maximum absolute atomic E-state index is 12.0. The summed E-state index contributed by atoms with van der Waals surface area (Å²) in [4.78, 5) is 23.8. The Balaban J connectivity index is 3.31. The normalized spacial score (nSPS) is 12.0. The van der Waals surface area contributed by atoms with Gasteiger partial charge in [0.05, 0.1) is 19.1 Å². The highest BCUT2D eigenvalue weighted by Gasteiger charge is 2.13. The molecule has 1 atom stereocenters. The van der Waals surface area contributed by atoms with Crippen LogP contribution >= 0.6 is 0 Å². The number of unbranched alkanes of at least 4 members (excludes halogenated alkanes) is 18. The molecule has 35 heavy (non-hydrogen) atoms. The molecule has 0 radical (unpaired) electrons. The number of hydrogen-bond acceptors (Lipinski definition) is 4. The average Bonchev–Trinajstić information content (AvgIpc) is 2.85. The van der Waals surface area contributed by atoms with Crippen LogP contribution in [0.2, 0.25) is 0 Å². The maximum atomic E-state index is 12.0. The zero-order valence-electron chi connectivity index (χ0n) is 23.9. The van der Waals surface area contributed by atoms with E-state index in [2.05, 4.69) is 13.8 Å². The summed E-state index contributed by atoms with van der Waals surface area (Å²) in [6.45, 7) is 7.64. The molecule has 0 N–H and O–H groups in total. The molecular weight excluding hydrogens is 436 g/mol. The number of rotatable bonds is 27. The minimum Gasteiger partial charge on any atom is -0.466 e. The standard InChI is InChI=1S/C31H60O4/c1-4-6-8-19-23-27-34-30(32)26-22-18-16-14-12-10-11-13-15-17-21-25-29(3)31(33)35-28-24-20-9-7-5-2/h29H,4-28H2,1-3H3. The van der Waals surface area contributed by atoms with Gasteiger partial charge in [0.25, 0.3) is 0 Å². The van der Waals surface area contributed by atoms with E-state index in [0.29, 0.717) is 19.6 Å². The highest BCUT2D eigenvalue weighted by atomic mass is 16.5. The van der Waals surface area contributed by atoms with E-state index < -0.39 is 0 Å². The van der Waals surface area contributed by atoms with Gasteiger partial charge in [-0.25, -0.2) is 0 Å². The van der Waals surface area contributed by atoms with E-state index in [1.807, 2.05) is 6.92 Å². The second-order valence-corrected chi connectivity index (χ2v) is 10.5. The van der Waals surface area contributed by atoms with Crippen molar-refractivity contribution in [1.29, 1.82) is 0 Å². The van der Waals surface area contributed by atoms with Crippen molar-refractivity contribution in [2.45, 2.75) is 168 Å². The number of ether oxygens (including phenoxy) is 2. The Labute approximate surface area is 218 Å². The minimum atomic E-state index is -0.00965. The molecule has 0 rings (SSSR count). The Morgan fingerprint density at radius 3 is 1.43 bits per heavy atom. The van der Waals surface area contributed by atoms with Crippen LogP contribution < -0.4 is 0 Å². The van der Waals surface area contributed by atoms with Gasteiger partial charge in [-0.2, -0.15) is 0 Å². The van der Waals surface area contributed by atoms with E-state index in [0.717, 1.165) is 38.5 Å². The fourth-order valence-electron chi connectivity index (χ4n) is 4.41. The van der Waals surface area contributed by atoms with Crippen LogP contribution in [0.25, 0.3) is 0 Å². The van der Waals surface area contributed by atoms with Gasteiger partial charge in [-0.1, -0.05) is 136 Å². The molecule has 208 valence electrons. The van der Waals surface area contributed by atoms with E-state index in [-0.39, 0.29) is 17.9 Å². The lowest BCUT2D eigenvalue weighted by Gasteiger charge is -2.11. The lowest BCUT2D eigenvalue weighted by molar-refractivity contribution is -0.148. The lowest BCUT2D eigenvalue weighted by Crippen LogP contribution is -2.15. The molecule has 0 heterocycles. The SMILES string of the molecule is CCCCCCCOC(=O)CCCCCCCCCCCCCC(C)C(=O)OCCCCCCC. The first-order chi connectivity index (χ1) is 17.1. The molecule has 0 spiro atoms. The van der Waals surface area contributed by atoms with Crippen LogP contribution in [0.5, 0.6) is 0 Å². The van der Waals surface area contributed by atoms with E-state index in [4.69, 9.17) is 9.47 Å². The van der Waals surface area contributed by atoms with Crippen molar-refractivity contribution in [2.75, 3.05) is 13.2 Å². The van der Waals surface area contributed by atoms with E-state index >= 15 is 0 Å². The van der Waals surface area contributed by atoms with Gasteiger partial charge in [0.1, 0.15) is 0 Å². The van der Waals surface area contributed by atoms with Crippen molar-refractivity contribution in [3.63, 3.8) is 0 Å². The van der Waals surface area contributed by atoms with Gasteiger partial charge in [-0.05, 0) is 25.7 Å². The van der Waals surface area contributed by atoms with Crippen molar-refractivity contribution < 1.29 is 19.1 Å². The van der Waals surface area contributed by atoms with E-state index in [1.54, 1.807) is 0 Å². The predicted molar refractivity (Wildman–Crippen MR) is 149 cm³/mol. The predicted octanol–water partition coefficient (Wildman–Crippen LogP) is 9.72. The molecule has 0 saturated carbocycles. The smallest absolute Gasteiger partial charge is 0.308 e. The van der Waals surface area contributed by atoms with Gasteiger partial charge in [0.15, 0.2) is 0 Å². The second kappa shape index (κ2) is 27.5. The summed E-state index contributed by atoms with van der Waals surface area (Å²) in [5, 5.41) is 0. The van der Waals surface area contributed by atoms with Crippen molar-refractivity contribution in [2.24, 2.45) is 5.92 Å². The summed E-state index contributed by atoms with van der Waals surface area (Å²) in [7, 11) is 0. The molecular formula is C31H60O4. The number of carbonyl (C=O) groups is 2. The first-order valence-electron chi connectivity index (χ1n) is 15.4. The highest BCUT2D eigenvalue weighted by Crippen LogP contribution is 2.16. The first-order valence-corrected chi connectivity index (χ1v) is 15.4. The third-order valence-corrected chi connectivity index (χ3v) is 6.92. The van der Waals surface area contributed by atoms with Crippen LogP contribution in [0.1, 0.15) is 168 Å². The van der Waals surface area contributed by atoms with Crippen LogP contribution in [0.3, 0.4) is 0 Å². The summed E-state index contributed by atoms with van der Waals surface area (Å²) in [6.07, 6.45) is 27.0. The molecule has 0 aliphatic carbocycles. The van der Waals surface area contributed by atoms with Crippen molar-refractivity contribution in [1.82, 2.24) is 0 Å². The number of hydrogen-bond donors (Lipinski definition) is 0. The van der Waals surface area contributed by atoms with Crippen LogP contribution in [0.15, 0.2) is 0 Å². The molecule has 0 aromatic carbocycles. The van der Waals surface area contributed by atoms with E-state index in [1.165, 1.54) is 103 Å². The van der Waals surface area contributed by atoms with Gasteiger partial charge < -0.3 is 9.47 Å². The zero-order valence-corrected chi connectivity index (χ0v) is 23.9. The Morgan fingerprint density at radius 2 is 0.914 bits per heavy atom. The van der Waals surface area contributed by atoms with Crippen LogP contribution in [-0.4, -0.2) is 25.2 Å². The number of carbonyl (C=O) groups excluding carboxylic acids is 2. The largest absolute Gasteiger partial charge is 0.466 e. The summed E-state index contributed by atoms with van der Waals surface area (Å²) in [5.41, 5.74) is 0. The molecule has 4 nitrogen and oxygen atoms in total. The molecule has 1 unspecified atom stereocenters. The average molecular weight is 497 g/mol. The lowest BCUT2D eigenvalue weighted by atomic mass is 10.0. The molecule has 0 bridgehead atoms. The summed E-state index contributed by atoms with van der Waals surface area (Å²) in [6, 6.07) is 0. The van der Waals surface area contributed by atoms with Crippen LogP contribution in [0.4, 0.5) is 0 Å². The van der Waals surface area contributed by atoms with Gasteiger partial charge in [0.2, 0.25) is 0 Å². The molecule has 0 aliphatic rings. The molecule has 0 aromatic heterocycles. The van der Waals surface area contributed by atoms with Gasteiger partial charge in [0, 0.05) is 6.42 Å². The van der Waals surface area contributed by atoms with Crippen molar-refractivity contribution in [3.8, 4) is 0 Å². The Hall–Kier alpha value is -1.06. The molecule has 4 heteroatoms. The van der Waals surface area contributed by atoms with Crippen LogP contribution in [0, 0.1) is 5.92 Å². The third-order valence-electron chi connectivity index (χ3n) is 6.92. The third kappa shape index (κ3) is 25.8. The molecule has 0 aromatic rings. The molecule has 0 amide bonds. The Bertz CT molecular complexity index is 463. The molecule has 0 aliphatic heterocycles. The van der Waals surface area contributed by atoms with E-state index in [9.17, 15) is 9.59 Å². The second-order valence-electron chi connectivity index (χ2n) is 10.5. The van der Waals surface area contributed by atoms with Crippen molar-refractivity contribution >= 4 is 11.9 Å². The quantitative estimate of drug-likeness (QED) is 0.0838. The summed E-state index contributed by atoms with van der Waals surface area (Å²) >= 11 is 0.